The van der Waals surface area contributed by atoms with Crippen molar-refractivity contribution in [3.05, 3.63) is 22.3 Å². The first-order chi connectivity index (χ1) is 8.22. The molecule has 0 radical (unpaired) electrons. The number of hydrogen-bond acceptors (Lipinski definition) is 2. The van der Waals surface area contributed by atoms with Crippen molar-refractivity contribution in [3.8, 4) is 0 Å². The number of aryl methyl sites for hydroxylation is 1. The highest BCUT2D eigenvalue weighted by atomic mass is 79.9. The molecule has 2 heterocycles. The first kappa shape index (κ1) is 13.2. The third-order valence-corrected chi connectivity index (χ3v) is 4.45. The normalized spacial score (nSPS) is 19.9. The lowest BCUT2D eigenvalue weighted by Crippen LogP contribution is -2.30. The Bertz CT molecular complexity index is 384. The minimum absolute atomic E-state index is 0.627. The maximum absolute atomic E-state index is 5.78. The number of aromatic nitrogens is 1. The summed E-state index contributed by atoms with van der Waals surface area (Å²) >= 11 is 9.28. The maximum atomic E-state index is 5.78. The lowest BCUT2D eigenvalue weighted by Gasteiger charge is -2.26. The summed E-state index contributed by atoms with van der Waals surface area (Å²) in [7, 11) is 0. The van der Waals surface area contributed by atoms with Crippen LogP contribution >= 0.6 is 27.5 Å². The van der Waals surface area contributed by atoms with E-state index in [0.29, 0.717) is 6.04 Å². The third kappa shape index (κ3) is 3.14. The zero-order valence-corrected chi connectivity index (χ0v) is 12.5. The molecule has 1 aliphatic rings. The summed E-state index contributed by atoms with van der Waals surface area (Å²) in [6.45, 7) is 3.17. The molecule has 1 atom stereocenters. The minimum atomic E-state index is 0.627. The predicted molar refractivity (Wildman–Crippen MR) is 77.0 cm³/mol. The fourth-order valence-electron chi connectivity index (χ4n) is 2.44. The SMILES string of the molecule is Cc1nc(N2CCCC2CCCCl)ccc1Br. The summed E-state index contributed by atoms with van der Waals surface area (Å²) in [5, 5.41) is 0. The van der Waals surface area contributed by atoms with Gasteiger partial charge >= 0.3 is 0 Å². The van der Waals surface area contributed by atoms with Gasteiger partial charge in [-0.1, -0.05) is 0 Å². The van der Waals surface area contributed by atoms with Crippen molar-refractivity contribution < 1.29 is 0 Å². The second-order valence-electron chi connectivity index (χ2n) is 4.56. The van der Waals surface area contributed by atoms with Crippen LogP contribution in [0, 0.1) is 6.92 Å². The summed E-state index contributed by atoms with van der Waals surface area (Å²) in [6, 6.07) is 4.83. The number of alkyl halides is 1. The smallest absolute Gasteiger partial charge is 0.129 e. The number of hydrogen-bond donors (Lipinski definition) is 0. The van der Waals surface area contributed by atoms with Gasteiger partial charge in [-0.2, -0.15) is 0 Å². The third-order valence-electron chi connectivity index (χ3n) is 3.35. The topological polar surface area (TPSA) is 16.1 Å². The van der Waals surface area contributed by atoms with Gasteiger partial charge in [-0.25, -0.2) is 4.98 Å². The van der Waals surface area contributed by atoms with E-state index in [2.05, 4.69) is 37.9 Å². The molecular weight excluding hydrogens is 300 g/mol. The highest BCUT2D eigenvalue weighted by Crippen LogP contribution is 2.28. The fourth-order valence-corrected chi connectivity index (χ4v) is 2.82. The van der Waals surface area contributed by atoms with Gasteiger partial charge in [0.1, 0.15) is 5.82 Å². The van der Waals surface area contributed by atoms with Gasteiger partial charge in [0.25, 0.3) is 0 Å². The molecule has 0 aromatic carbocycles. The molecule has 2 rings (SSSR count). The van der Waals surface area contributed by atoms with Crippen LogP contribution in [0.2, 0.25) is 0 Å². The van der Waals surface area contributed by atoms with E-state index in [1.807, 2.05) is 6.92 Å². The first-order valence-electron chi connectivity index (χ1n) is 6.18. The van der Waals surface area contributed by atoms with Crippen molar-refractivity contribution >= 4 is 33.3 Å². The molecule has 0 aliphatic carbocycles. The van der Waals surface area contributed by atoms with E-state index in [-0.39, 0.29) is 0 Å². The summed E-state index contributed by atoms with van der Waals surface area (Å²) in [5.74, 6) is 1.87. The average Bonchev–Trinajstić information content (AvgIpc) is 2.78. The van der Waals surface area contributed by atoms with Crippen molar-refractivity contribution in [2.24, 2.45) is 0 Å². The van der Waals surface area contributed by atoms with Gasteiger partial charge in [-0.05, 0) is 60.7 Å². The Balaban J connectivity index is 2.11. The molecule has 17 heavy (non-hydrogen) atoms. The van der Waals surface area contributed by atoms with Crippen LogP contribution < -0.4 is 4.90 Å². The van der Waals surface area contributed by atoms with Gasteiger partial charge in [0.05, 0.1) is 5.69 Å². The first-order valence-corrected chi connectivity index (χ1v) is 7.51. The van der Waals surface area contributed by atoms with E-state index < -0.39 is 0 Å². The van der Waals surface area contributed by atoms with Gasteiger partial charge in [0.15, 0.2) is 0 Å². The van der Waals surface area contributed by atoms with Crippen molar-refractivity contribution in [2.45, 2.75) is 38.6 Å². The molecule has 0 bridgehead atoms. The Kier molecular flexibility index (Phi) is 4.69. The van der Waals surface area contributed by atoms with Crippen molar-refractivity contribution in [3.63, 3.8) is 0 Å². The van der Waals surface area contributed by atoms with Gasteiger partial charge in [-0.15, -0.1) is 11.6 Å². The van der Waals surface area contributed by atoms with Gasteiger partial charge in [0.2, 0.25) is 0 Å². The molecule has 1 aromatic heterocycles. The number of pyridine rings is 1. The van der Waals surface area contributed by atoms with Crippen LogP contribution in [0.5, 0.6) is 0 Å². The number of rotatable bonds is 4. The molecule has 4 heteroatoms. The molecule has 1 aromatic rings. The lowest BCUT2D eigenvalue weighted by atomic mass is 10.1. The van der Waals surface area contributed by atoms with Crippen LogP contribution in [-0.2, 0) is 0 Å². The molecule has 1 aliphatic heterocycles. The highest BCUT2D eigenvalue weighted by molar-refractivity contribution is 9.10. The monoisotopic (exact) mass is 316 g/mol. The Hall–Kier alpha value is -0.280. The molecule has 0 saturated carbocycles. The highest BCUT2D eigenvalue weighted by Gasteiger charge is 2.25. The van der Waals surface area contributed by atoms with Crippen LogP contribution in [0.4, 0.5) is 5.82 Å². The van der Waals surface area contributed by atoms with E-state index >= 15 is 0 Å². The molecule has 1 unspecified atom stereocenters. The molecular formula is C13H18BrClN2. The number of nitrogens with zero attached hydrogens (tertiary/aromatic N) is 2. The van der Waals surface area contributed by atoms with E-state index in [1.54, 1.807) is 0 Å². The van der Waals surface area contributed by atoms with Crippen LogP contribution in [-0.4, -0.2) is 23.5 Å². The molecule has 0 N–H and O–H groups in total. The number of halogens is 2. The second kappa shape index (κ2) is 6.05. The van der Waals surface area contributed by atoms with Gasteiger partial charge < -0.3 is 4.90 Å². The molecule has 1 fully saturated rings. The number of anilines is 1. The summed E-state index contributed by atoms with van der Waals surface area (Å²) < 4.78 is 1.08. The van der Waals surface area contributed by atoms with E-state index in [0.717, 1.165) is 34.8 Å². The Morgan fingerprint density at radius 2 is 2.35 bits per heavy atom. The van der Waals surface area contributed by atoms with Crippen LogP contribution in [0.1, 0.15) is 31.4 Å². The van der Waals surface area contributed by atoms with Crippen LogP contribution in [0.15, 0.2) is 16.6 Å². The molecule has 94 valence electrons. The Morgan fingerprint density at radius 3 is 3.06 bits per heavy atom. The minimum Gasteiger partial charge on any atom is -0.354 e. The second-order valence-corrected chi connectivity index (χ2v) is 5.79. The summed E-state index contributed by atoms with van der Waals surface area (Å²) in [5.41, 5.74) is 1.06. The molecule has 1 saturated heterocycles. The fraction of sp³-hybridized carbons (Fsp3) is 0.615. The maximum Gasteiger partial charge on any atom is 0.129 e. The Morgan fingerprint density at radius 1 is 1.53 bits per heavy atom. The molecule has 2 nitrogen and oxygen atoms in total. The Labute approximate surface area is 116 Å². The van der Waals surface area contributed by atoms with E-state index in [9.17, 15) is 0 Å². The average molecular weight is 318 g/mol. The standard InChI is InChI=1S/C13H18BrClN2/c1-10-12(14)6-7-13(16-10)17-9-3-5-11(17)4-2-8-15/h6-7,11H,2-5,8-9H2,1H3. The van der Waals surface area contributed by atoms with Crippen molar-refractivity contribution in [2.75, 3.05) is 17.3 Å². The quantitative estimate of drug-likeness (QED) is 0.776. The zero-order valence-electron chi connectivity index (χ0n) is 10.1. The lowest BCUT2D eigenvalue weighted by molar-refractivity contribution is 0.598. The molecule has 0 amide bonds. The van der Waals surface area contributed by atoms with Gasteiger partial charge in [0, 0.05) is 22.9 Å². The molecule has 0 spiro atoms. The van der Waals surface area contributed by atoms with Crippen molar-refractivity contribution in [1.29, 1.82) is 0 Å². The zero-order chi connectivity index (χ0) is 12.3. The van der Waals surface area contributed by atoms with Crippen LogP contribution in [0.3, 0.4) is 0 Å². The van der Waals surface area contributed by atoms with E-state index in [1.165, 1.54) is 19.3 Å². The summed E-state index contributed by atoms with van der Waals surface area (Å²) in [6.07, 6.45) is 4.82. The van der Waals surface area contributed by atoms with Crippen molar-refractivity contribution in [1.82, 2.24) is 4.98 Å². The predicted octanol–water partition coefficient (Wildman–Crippen LogP) is 4.14. The largest absolute Gasteiger partial charge is 0.354 e. The summed E-state index contributed by atoms with van der Waals surface area (Å²) in [4.78, 5) is 7.10. The van der Waals surface area contributed by atoms with Gasteiger partial charge in [-0.3, -0.25) is 0 Å². The van der Waals surface area contributed by atoms with Crippen LogP contribution in [0.25, 0.3) is 0 Å². The van der Waals surface area contributed by atoms with E-state index in [4.69, 9.17) is 11.6 Å².